The van der Waals surface area contributed by atoms with E-state index in [1.807, 2.05) is 0 Å². The lowest BCUT2D eigenvalue weighted by Crippen LogP contribution is -2.69. The highest BCUT2D eigenvalue weighted by Gasteiger charge is 2.61. The lowest BCUT2D eigenvalue weighted by Gasteiger charge is -2.51. The van der Waals surface area contributed by atoms with Gasteiger partial charge in [-0.3, -0.25) is 0 Å². The van der Waals surface area contributed by atoms with Gasteiger partial charge in [0.05, 0.1) is 65.4 Å². The zero-order valence-electron chi connectivity index (χ0n) is 46.1. The maximum Gasteiger partial charge on any atom is 0.283 e. The van der Waals surface area contributed by atoms with Crippen molar-refractivity contribution in [3.63, 3.8) is 0 Å². The summed E-state index contributed by atoms with van der Waals surface area (Å²) in [6.45, 7) is -8.73. The standard InChI is InChI=1S/C48H80O40/c49-2-11-34-19(58)26(65)41(73-11)80-33-10(57)1-48(72,87-18(33)9-56)88-40-17(8-55)79-47(32(71)25(40)64)86-39-16(7-54)78-46(31(70)24(39)63)85-38-15(6-53)77-45(30(69)23(38)62)84-37-14(5-52)76-44(29(68)22(37)61)83-36-13(4-51)75-43(28(67)21(36)60)82-35-12(3-50)74-42(81-34)27(66)20(35)59/h10-47,49-72H,1-9H2/t10-,11+,12+,13+,14+,15+,16+,17+,18+,19-,20-,21-,22-,23-,24-,25-,26+,27+,28+,29+,30+,31+,32+,33-,34+,35+,36+,37+,38+,39+,40+,41+,42+,43+,44+,45+,46+,47+,48-/m0/s1. The first-order chi connectivity index (χ1) is 41.8. The molecule has 30 rings (SSSR count). The number of hydrogen-bond acceptors (Lipinski definition) is 40. The van der Waals surface area contributed by atoms with Gasteiger partial charge in [-0.25, -0.2) is 0 Å². The Hall–Kier alpha value is -1.60. The molecule has 512 valence electrons. The number of hydrogen-bond donors (Lipinski definition) is 24. The number of aliphatic hydroxyl groups excluding tert-OH is 23. The average molecular weight is 1300 g/mol. The van der Waals surface area contributed by atoms with Crippen LogP contribution in [0.4, 0.5) is 0 Å². The topological polar surface area (TPSA) is 633 Å². The van der Waals surface area contributed by atoms with Gasteiger partial charge in [0.1, 0.15) is 183 Å². The molecule has 0 saturated carbocycles. The Kier molecular flexibility index (Phi) is 23.8. The monoisotopic (exact) mass is 1300 g/mol. The first kappa shape index (κ1) is 70.7. The van der Waals surface area contributed by atoms with Gasteiger partial charge in [0.15, 0.2) is 44.0 Å². The third-order valence-corrected chi connectivity index (χ3v) is 16.8. The summed E-state index contributed by atoms with van der Waals surface area (Å²) in [5, 5.41) is 265. The fraction of sp³-hybridized carbons (Fsp3) is 1.00. The van der Waals surface area contributed by atoms with E-state index in [1.165, 1.54) is 0 Å². The Bertz CT molecular complexity index is 2160. The molecule has 0 spiro atoms. The van der Waals surface area contributed by atoms with Gasteiger partial charge in [0.25, 0.3) is 5.97 Å². The van der Waals surface area contributed by atoms with Crippen LogP contribution >= 0.6 is 0 Å². The summed E-state index contributed by atoms with van der Waals surface area (Å²) in [6.07, 6.45) is -78.7. The lowest BCUT2D eigenvalue weighted by atomic mass is 9.95. The van der Waals surface area contributed by atoms with Crippen molar-refractivity contribution >= 4 is 0 Å². The molecule has 24 N–H and O–H groups in total. The Morgan fingerprint density at radius 2 is 0.398 bits per heavy atom. The van der Waals surface area contributed by atoms with E-state index >= 15 is 0 Å². The van der Waals surface area contributed by atoms with Gasteiger partial charge in [-0.05, 0) is 0 Å². The first-order valence-corrected chi connectivity index (χ1v) is 28.1. The van der Waals surface area contributed by atoms with E-state index in [1.54, 1.807) is 0 Å². The van der Waals surface area contributed by atoms with E-state index in [2.05, 4.69) is 0 Å². The predicted octanol–water partition coefficient (Wildman–Crippen LogP) is -17.1. The molecule has 88 heavy (non-hydrogen) atoms. The zero-order valence-corrected chi connectivity index (χ0v) is 46.1. The highest BCUT2D eigenvalue weighted by atomic mass is 16.9. The van der Waals surface area contributed by atoms with Crippen molar-refractivity contribution in [2.75, 3.05) is 52.9 Å². The summed E-state index contributed by atoms with van der Waals surface area (Å²) in [5.41, 5.74) is 0. The van der Waals surface area contributed by atoms with Crippen LogP contribution < -0.4 is 0 Å². The third kappa shape index (κ3) is 13.9. The van der Waals surface area contributed by atoms with Crippen LogP contribution in [0.5, 0.6) is 0 Å². The molecule has 40 heteroatoms. The summed E-state index contributed by atoms with van der Waals surface area (Å²) < 4.78 is 90.8. The predicted molar refractivity (Wildman–Crippen MR) is 261 cm³/mol. The Labute approximate surface area is 496 Å². The summed E-state index contributed by atoms with van der Waals surface area (Å²) >= 11 is 0. The van der Waals surface area contributed by atoms with E-state index in [4.69, 9.17) is 75.8 Å². The molecule has 0 radical (unpaired) electrons. The first-order valence-electron chi connectivity index (χ1n) is 28.1. The summed E-state index contributed by atoms with van der Waals surface area (Å²) in [5.74, 6) is -3.08. The molecule has 0 aliphatic carbocycles. The molecule has 30 aliphatic rings. The van der Waals surface area contributed by atoms with Crippen molar-refractivity contribution in [2.45, 2.75) is 246 Å². The average Bonchev–Trinajstić information content (AvgIpc) is 3.67. The molecule has 0 aromatic rings. The van der Waals surface area contributed by atoms with Crippen molar-refractivity contribution in [3.8, 4) is 0 Å². The number of rotatable bonds is 8. The molecule has 30 heterocycles. The maximum absolute atomic E-state index is 11.6. The van der Waals surface area contributed by atoms with Crippen molar-refractivity contribution in [1.29, 1.82) is 0 Å². The van der Waals surface area contributed by atoms with Crippen LogP contribution in [0.3, 0.4) is 0 Å². The van der Waals surface area contributed by atoms with Crippen LogP contribution in [0, 0.1) is 0 Å². The molecule has 16 bridgehead atoms. The molecule has 39 atom stereocenters. The molecule has 30 saturated heterocycles. The SMILES string of the molecule is OC[C@H]1O[C@@H]2O[C@H]3[C@@H](O)[C@@H](O)[C@@H](O[C@H]4[C@@H](O)[C@@H](O)[C@@H](O[C@H]5[C@@H](O)[C@@H](O)[C@@H](O[C@H]6[C@@H](O)C[C@@](O)(O[C@H]7[C@@H](O)[C@@H](O)[C@@H](O[C@H]8[C@@H](O)[C@@H](O)[C@@H](O[C@H]9[C@@H](O)[C@@H](O)[C@@H](O[C@H]1[C@@H](O)[C@H]2O)O[C@@H]9CO)O[C@@H]8CO)O[C@@H]7CO)O[C@@H]6CO)O[C@@H]5CO)O[C@@H]4CO)O[C@@H]3CO. The quantitative estimate of drug-likeness (QED) is 0.107. The van der Waals surface area contributed by atoms with Gasteiger partial charge in [-0.1, -0.05) is 0 Å². The van der Waals surface area contributed by atoms with Gasteiger partial charge in [-0.2, -0.15) is 0 Å². The van der Waals surface area contributed by atoms with Crippen LogP contribution in [0.15, 0.2) is 0 Å². The van der Waals surface area contributed by atoms with E-state index in [-0.39, 0.29) is 0 Å². The van der Waals surface area contributed by atoms with Gasteiger partial charge in [0, 0.05) is 0 Å². The molecule has 40 nitrogen and oxygen atoms in total. The van der Waals surface area contributed by atoms with Crippen molar-refractivity contribution in [3.05, 3.63) is 0 Å². The smallest absolute Gasteiger partial charge is 0.283 e. The molecule has 30 aliphatic heterocycles. The lowest BCUT2D eigenvalue weighted by molar-refractivity contribution is -0.456. The fourth-order valence-electron chi connectivity index (χ4n) is 12.0. The minimum atomic E-state index is -3.08. The largest absolute Gasteiger partial charge is 0.394 e. The molecule has 30 fully saturated rings. The van der Waals surface area contributed by atoms with E-state index in [0.717, 1.165) is 0 Å². The molecule has 0 aromatic heterocycles. The molecular formula is C48H80O40. The van der Waals surface area contributed by atoms with Crippen molar-refractivity contribution in [2.24, 2.45) is 0 Å². The van der Waals surface area contributed by atoms with Gasteiger partial charge in [-0.15, -0.1) is 0 Å². The number of ether oxygens (including phenoxy) is 16. The second-order valence-electron chi connectivity index (χ2n) is 22.6. The summed E-state index contributed by atoms with van der Waals surface area (Å²) in [4.78, 5) is 0. The van der Waals surface area contributed by atoms with Gasteiger partial charge in [0.2, 0.25) is 0 Å². The van der Waals surface area contributed by atoms with Crippen LogP contribution in [0.25, 0.3) is 0 Å². The van der Waals surface area contributed by atoms with Crippen LogP contribution in [-0.4, -0.2) is 415 Å². The maximum atomic E-state index is 11.6. The second kappa shape index (κ2) is 29.6. The Morgan fingerprint density at radius 1 is 0.216 bits per heavy atom. The minimum absolute atomic E-state index is 1.07. The molecular weight excluding hydrogens is 1220 g/mol. The van der Waals surface area contributed by atoms with Crippen molar-refractivity contribution < 1.29 is 198 Å². The van der Waals surface area contributed by atoms with E-state index < -0.39 is 299 Å². The Morgan fingerprint density at radius 3 is 0.602 bits per heavy atom. The normalized spacial score (nSPS) is 55.4. The fourth-order valence-corrected chi connectivity index (χ4v) is 12.0. The van der Waals surface area contributed by atoms with Crippen molar-refractivity contribution in [1.82, 2.24) is 0 Å². The molecule has 0 unspecified atom stereocenters. The van der Waals surface area contributed by atoms with Gasteiger partial charge < -0.3 is 198 Å². The highest BCUT2D eigenvalue weighted by molar-refractivity contribution is 5.02. The van der Waals surface area contributed by atoms with Crippen LogP contribution in [0.2, 0.25) is 0 Å². The van der Waals surface area contributed by atoms with E-state index in [9.17, 15) is 123 Å². The second-order valence-corrected chi connectivity index (χ2v) is 22.6. The highest BCUT2D eigenvalue weighted by Crippen LogP contribution is 2.41. The Balaban J connectivity index is 0.976. The van der Waals surface area contributed by atoms with Gasteiger partial charge >= 0.3 is 0 Å². The number of aliphatic hydroxyl groups is 24. The summed E-state index contributed by atoms with van der Waals surface area (Å²) in [7, 11) is 0. The van der Waals surface area contributed by atoms with E-state index in [0.29, 0.717) is 0 Å². The molecule has 0 aromatic carbocycles. The third-order valence-electron chi connectivity index (χ3n) is 16.8. The van der Waals surface area contributed by atoms with Crippen LogP contribution in [-0.2, 0) is 75.8 Å². The summed E-state index contributed by atoms with van der Waals surface area (Å²) in [6, 6.07) is 0. The zero-order chi connectivity index (χ0) is 64.1. The van der Waals surface area contributed by atoms with Crippen LogP contribution in [0.1, 0.15) is 6.42 Å². The molecule has 0 amide bonds. The minimum Gasteiger partial charge on any atom is -0.394 e.